The first-order valence-electron chi connectivity index (χ1n) is 13.1. The standard InChI is InChI=1S/C29H38O8/c1-14-12-18-26(6,29(24(33)35-9)22(34-8)15(2)21(31)27(14,29)7)13-17-20-25(4,5)19(36-16(3)30)10-11-28(18,20)23(32)37-17/h12,17-20H,10-11,13H2,1-9H3/t17-,18-,19-,20+,26-,27-,28+,29+/m0/s1. The van der Waals surface area contributed by atoms with E-state index in [1.165, 1.54) is 21.1 Å². The van der Waals surface area contributed by atoms with E-state index in [9.17, 15) is 19.2 Å². The number of carbonyl (C=O) groups excluding carboxylic acids is 4. The van der Waals surface area contributed by atoms with Gasteiger partial charge in [0.1, 0.15) is 23.4 Å². The van der Waals surface area contributed by atoms with Gasteiger partial charge in [0.15, 0.2) is 5.78 Å². The van der Waals surface area contributed by atoms with Crippen molar-refractivity contribution in [2.24, 2.45) is 38.9 Å². The molecule has 0 N–H and O–H groups in total. The molecule has 8 heteroatoms. The monoisotopic (exact) mass is 514 g/mol. The molecule has 5 rings (SSSR count). The van der Waals surface area contributed by atoms with Gasteiger partial charge in [0, 0.05) is 35.2 Å². The largest absolute Gasteiger partial charge is 0.499 e. The van der Waals surface area contributed by atoms with Crippen LogP contribution in [0.3, 0.4) is 0 Å². The van der Waals surface area contributed by atoms with Crippen LogP contribution in [0.15, 0.2) is 23.0 Å². The molecule has 1 aliphatic heterocycles. The number of Topliss-reactive ketones (excluding diaryl/α,β-unsaturated/α-hetero) is 1. The summed E-state index contributed by atoms with van der Waals surface area (Å²) in [7, 11) is 2.82. The Balaban J connectivity index is 1.81. The average Bonchev–Trinajstić information content (AvgIpc) is 3.17. The van der Waals surface area contributed by atoms with Gasteiger partial charge in [-0.15, -0.1) is 0 Å². The van der Waals surface area contributed by atoms with Gasteiger partial charge in [-0.25, -0.2) is 0 Å². The normalized spacial score (nSPS) is 45.3. The number of ketones is 1. The van der Waals surface area contributed by atoms with Gasteiger partial charge >= 0.3 is 17.9 Å². The summed E-state index contributed by atoms with van der Waals surface area (Å²) in [5, 5.41) is 0. The predicted molar refractivity (Wildman–Crippen MR) is 132 cm³/mol. The van der Waals surface area contributed by atoms with E-state index in [0.29, 0.717) is 30.6 Å². The van der Waals surface area contributed by atoms with E-state index in [0.717, 1.165) is 5.57 Å². The number of carbonyl (C=O) groups is 4. The lowest BCUT2D eigenvalue weighted by Gasteiger charge is -2.66. The van der Waals surface area contributed by atoms with Crippen molar-refractivity contribution in [3.63, 3.8) is 0 Å². The van der Waals surface area contributed by atoms with E-state index >= 15 is 0 Å². The van der Waals surface area contributed by atoms with Crippen LogP contribution >= 0.6 is 0 Å². The molecule has 0 spiro atoms. The van der Waals surface area contributed by atoms with Crippen LogP contribution in [0.5, 0.6) is 0 Å². The van der Waals surface area contributed by atoms with Gasteiger partial charge in [-0.1, -0.05) is 32.4 Å². The topological polar surface area (TPSA) is 105 Å². The molecule has 8 atom stereocenters. The first-order chi connectivity index (χ1) is 17.1. The highest BCUT2D eigenvalue weighted by molar-refractivity contribution is 6.11. The van der Waals surface area contributed by atoms with E-state index < -0.39 is 45.1 Å². The lowest BCUT2D eigenvalue weighted by atomic mass is 9.33. The van der Waals surface area contributed by atoms with Crippen LogP contribution in [0.2, 0.25) is 0 Å². The summed E-state index contributed by atoms with van der Waals surface area (Å²) < 4.78 is 23.3. The number of fused-ring (bicyclic) bond motifs is 3. The van der Waals surface area contributed by atoms with E-state index in [1.54, 1.807) is 6.92 Å². The Morgan fingerprint density at radius 2 is 1.73 bits per heavy atom. The SMILES string of the molecule is COC(=O)[C@@]12C(OC)=C(C)C(=O)[C@]1(C)C(C)=C[C@@H]1[C@]34CC[C@H](OC(C)=O)C(C)(C)[C@H]3[C@H](C[C@@]12C)OC4=O. The summed E-state index contributed by atoms with van der Waals surface area (Å²) >= 11 is 0. The minimum Gasteiger partial charge on any atom is -0.499 e. The Bertz CT molecular complexity index is 1190. The fourth-order valence-corrected chi connectivity index (χ4v) is 9.86. The molecule has 37 heavy (non-hydrogen) atoms. The molecule has 8 nitrogen and oxygen atoms in total. The molecule has 1 saturated heterocycles. The number of esters is 3. The predicted octanol–water partition coefficient (Wildman–Crippen LogP) is 3.92. The Labute approximate surface area is 218 Å². The second-order valence-electron chi connectivity index (χ2n) is 12.7. The summed E-state index contributed by atoms with van der Waals surface area (Å²) in [5.41, 5.74) is -3.98. The van der Waals surface area contributed by atoms with Crippen molar-refractivity contribution in [1.82, 2.24) is 0 Å². The number of methoxy groups -OCH3 is 2. The Morgan fingerprint density at radius 1 is 1.08 bits per heavy atom. The zero-order chi connectivity index (χ0) is 27.5. The number of allylic oxidation sites excluding steroid dienone is 3. The van der Waals surface area contributed by atoms with E-state index in [4.69, 9.17) is 18.9 Å². The molecule has 0 amide bonds. The van der Waals surface area contributed by atoms with E-state index in [1.807, 2.05) is 34.6 Å². The van der Waals surface area contributed by atoms with Crippen LogP contribution in [0.1, 0.15) is 67.7 Å². The Morgan fingerprint density at radius 3 is 2.30 bits per heavy atom. The molecule has 202 valence electrons. The molecule has 2 bridgehead atoms. The van der Waals surface area contributed by atoms with Gasteiger partial charge in [-0.05, 0) is 40.0 Å². The van der Waals surface area contributed by atoms with Gasteiger partial charge < -0.3 is 18.9 Å². The first kappa shape index (κ1) is 26.0. The number of hydrogen-bond donors (Lipinski definition) is 0. The molecule has 0 aromatic carbocycles. The van der Waals surface area contributed by atoms with Crippen LogP contribution in [0.25, 0.3) is 0 Å². The van der Waals surface area contributed by atoms with Gasteiger partial charge in [0.05, 0.1) is 25.0 Å². The summed E-state index contributed by atoms with van der Waals surface area (Å²) in [6.45, 7) is 12.9. The highest BCUT2D eigenvalue weighted by Crippen LogP contribution is 2.79. The minimum atomic E-state index is -1.46. The molecule has 0 radical (unpaired) electrons. The number of hydrogen-bond acceptors (Lipinski definition) is 8. The third-order valence-corrected chi connectivity index (χ3v) is 11.2. The lowest BCUT2D eigenvalue weighted by Crippen LogP contribution is -2.71. The molecule has 0 aromatic rings. The maximum Gasteiger partial charge on any atom is 0.321 e. The maximum atomic E-state index is 14.1. The summed E-state index contributed by atoms with van der Waals surface area (Å²) in [6, 6.07) is 0. The number of rotatable bonds is 3. The third kappa shape index (κ3) is 2.51. The number of ether oxygens (including phenoxy) is 4. The van der Waals surface area contributed by atoms with Crippen LogP contribution in [-0.2, 0) is 38.1 Å². The second kappa shape index (κ2) is 7.48. The summed E-state index contributed by atoms with van der Waals surface area (Å²) in [4.78, 5) is 53.9. The van der Waals surface area contributed by atoms with E-state index in [-0.39, 0.29) is 29.7 Å². The molecule has 1 heterocycles. The van der Waals surface area contributed by atoms with Crippen LogP contribution in [-0.4, -0.2) is 50.1 Å². The highest BCUT2D eigenvalue weighted by atomic mass is 16.6. The fourth-order valence-electron chi connectivity index (χ4n) is 9.86. The van der Waals surface area contributed by atoms with Crippen molar-refractivity contribution >= 4 is 23.7 Å². The Hall–Kier alpha value is -2.64. The van der Waals surface area contributed by atoms with Crippen LogP contribution < -0.4 is 0 Å². The van der Waals surface area contributed by atoms with Crippen molar-refractivity contribution in [2.45, 2.75) is 79.9 Å². The van der Waals surface area contributed by atoms with Crippen LogP contribution in [0, 0.1) is 38.9 Å². The zero-order valence-corrected chi connectivity index (χ0v) is 23.3. The fraction of sp³-hybridized carbons (Fsp3) is 0.724. The first-order valence-corrected chi connectivity index (χ1v) is 13.1. The third-order valence-electron chi connectivity index (χ3n) is 11.2. The van der Waals surface area contributed by atoms with Gasteiger partial charge in [-0.3, -0.25) is 19.2 Å². The van der Waals surface area contributed by atoms with Crippen molar-refractivity contribution in [3.8, 4) is 0 Å². The van der Waals surface area contributed by atoms with Crippen molar-refractivity contribution in [1.29, 1.82) is 0 Å². The van der Waals surface area contributed by atoms with Crippen LogP contribution in [0.4, 0.5) is 0 Å². The smallest absolute Gasteiger partial charge is 0.321 e. The summed E-state index contributed by atoms with van der Waals surface area (Å²) in [5.74, 6) is -1.67. The quantitative estimate of drug-likeness (QED) is 0.317. The van der Waals surface area contributed by atoms with Crippen molar-refractivity contribution < 1.29 is 38.1 Å². The molecular formula is C29H38O8. The zero-order valence-electron chi connectivity index (χ0n) is 23.3. The van der Waals surface area contributed by atoms with Crippen molar-refractivity contribution in [2.75, 3.05) is 14.2 Å². The van der Waals surface area contributed by atoms with E-state index in [2.05, 4.69) is 6.08 Å². The van der Waals surface area contributed by atoms with Crippen molar-refractivity contribution in [3.05, 3.63) is 23.0 Å². The van der Waals surface area contributed by atoms with Gasteiger partial charge in [-0.2, -0.15) is 0 Å². The molecule has 0 aromatic heterocycles. The summed E-state index contributed by atoms with van der Waals surface area (Å²) in [6.07, 6.45) is 2.47. The molecule has 3 fully saturated rings. The molecule has 5 aliphatic rings. The average molecular weight is 515 g/mol. The Kier molecular flexibility index (Phi) is 5.25. The molecule has 0 unspecified atom stereocenters. The molecule has 4 aliphatic carbocycles. The van der Waals surface area contributed by atoms with Gasteiger partial charge in [0.25, 0.3) is 0 Å². The lowest BCUT2D eigenvalue weighted by molar-refractivity contribution is -0.217. The molecule has 2 saturated carbocycles. The second-order valence-corrected chi connectivity index (χ2v) is 12.7. The van der Waals surface area contributed by atoms with Gasteiger partial charge in [0.2, 0.25) is 0 Å². The minimum absolute atomic E-state index is 0.165. The highest BCUT2D eigenvalue weighted by Gasteiger charge is 2.84. The molecular weight excluding hydrogens is 476 g/mol. The maximum absolute atomic E-state index is 14.1.